The van der Waals surface area contributed by atoms with E-state index < -0.39 is 0 Å². The average Bonchev–Trinajstić information content (AvgIpc) is 0. The maximum atomic E-state index is 0. The zero-order valence-corrected chi connectivity index (χ0v) is 7.40. The average molecular weight is 413 g/mol. The van der Waals surface area contributed by atoms with Gasteiger partial charge >= 0.3 is 23.9 Å². The molecule has 0 unspecified atom stereocenters. The first kappa shape index (κ1) is 56.8. The van der Waals surface area contributed by atoms with Gasteiger partial charge in [-0.1, -0.05) is 0 Å². The predicted molar refractivity (Wildman–Crippen MR) is 22.7 cm³/mol. The van der Waals surface area contributed by atoms with Gasteiger partial charge in [-0.05, 0) is 11.0 Å². The van der Waals surface area contributed by atoms with Gasteiger partial charge in [0.15, 0.2) is 0 Å². The van der Waals surface area contributed by atoms with E-state index >= 15 is 0 Å². The van der Waals surface area contributed by atoms with Crippen LogP contribution in [0.1, 0.15) is 0 Å². The molecule has 0 saturated heterocycles. The van der Waals surface area contributed by atoms with E-state index in [1.165, 1.54) is 0 Å². The Labute approximate surface area is 110 Å². The molecule has 0 aromatic heterocycles. The minimum absolute atomic E-state index is 0. The third-order valence-electron chi connectivity index (χ3n) is 0. The molecule has 0 aliphatic carbocycles. The number of hydrogen-bond acceptors (Lipinski definition) is 0. The normalized spacial score (nSPS) is 0. The van der Waals surface area contributed by atoms with Crippen LogP contribution in [0.15, 0.2) is 0 Å². The van der Waals surface area contributed by atoms with E-state index in [1.807, 2.05) is 0 Å². The second-order valence-electron chi connectivity index (χ2n) is 0. The van der Waals surface area contributed by atoms with Crippen molar-refractivity contribution in [2.24, 2.45) is 0 Å². The van der Waals surface area contributed by atoms with Gasteiger partial charge in [-0.25, -0.2) is 0 Å². The summed E-state index contributed by atoms with van der Waals surface area (Å²) in [5.74, 6) is 0. The van der Waals surface area contributed by atoms with Gasteiger partial charge < -0.3 is 0 Å². The van der Waals surface area contributed by atoms with Gasteiger partial charge in [-0.15, -0.1) is 0 Å². The fourth-order valence-corrected chi connectivity index (χ4v) is 0. The van der Waals surface area contributed by atoms with E-state index in [9.17, 15) is 0 Å². The molecule has 0 fully saturated rings. The summed E-state index contributed by atoms with van der Waals surface area (Å²) in [7, 11) is 0. The van der Waals surface area contributed by atoms with Gasteiger partial charge in [0.1, 0.15) is 0 Å². The van der Waals surface area contributed by atoms with Crippen molar-refractivity contribution in [3.05, 3.63) is 0 Å². The third-order valence-corrected chi connectivity index (χ3v) is 0. The van der Waals surface area contributed by atoms with Gasteiger partial charge in [0.25, 0.3) is 0 Å². The minimum Gasteiger partial charge on any atom is 0 e. The Bertz CT molecular complexity index is 15.5. The Morgan fingerprint density at radius 1 is 1.00 bits per heavy atom. The predicted octanol–water partition coefficient (Wildman–Crippen LogP) is -2.91. The monoisotopic (exact) mass is 412 g/mol. The van der Waals surface area contributed by atoms with Crippen molar-refractivity contribution >= 4 is 34.9 Å². The molecule has 0 aromatic rings. The fourth-order valence-electron chi connectivity index (χ4n) is 0. The molecule has 0 rings (SSSR count). The molecule has 0 nitrogen and oxygen atoms in total. The second-order valence-corrected chi connectivity index (χ2v) is 0. The SMILES string of the molecule is [Cr].[Fe].[Ni].[SiH4].[SnH4].[Zr]. The van der Waals surface area contributed by atoms with Crippen LogP contribution in [0, 0.1) is 0 Å². The smallest absolute Gasteiger partial charge is 0 e. The van der Waals surface area contributed by atoms with Gasteiger partial charge in [0.05, 0.1) is 0 Å². The van der Waals surface area contributed by atoms with Crippen molar-refractivity contribution in [3.8, 4) is 0 Å². The van der Waals surface area contributed by atoms with Crippen LogP contribution < -0.4 is 0 Å². The quantitative estimate of drug-likeness (QED) is 0.374. The van der Waals surface area contributed by atoms with Crippen molar-refractivity contribution in [2.45, 2.75) is 0 Å². The maximum Gasteiger partial charge on any atom is 0 e. The topological polar surface area (TPSA) is 0 Å². The Balaban J connectivity index is 0. The largest absolute Gasteiger partial charge is 0 e. The molecule has 0 saturated carbocycles. The summed E-state index contributed by atoms with van der Waals surface area (Å²) >= 11 is 0. The number of hydrogen-bond donors (Lipinski definition) is 0. The van der Waals surface area contributed by atoms with Crippen LogP contribution in [0.4, 0.5) is 0 Å². The molecule has 0 N–H and O–H groups in total. The minimum atomic E-state index is 0. The molecular formula is H8CrFeNiSiSnZr. The van der Waals surface area contributed by atoms with Crippen LogP contribution >= 0.6 is 0 Å². The van der Waals surface area contributed by atoms with Crippen LogP contribution in [0.25, 0.3) is 0 Å². The molecule has 6 heteroatoms. The summed E-state index contributed by atoms with van der Waals surface area (Å²) < 4.78 is 0. The molecule has 0 amide bonds. The van der Waals surface area contributed by atoms with Crippen molar-refractivity contribution in [1.29, 1.82) is 0 Å². The summed E-state index contributed by atoms with van der Waals surface area (Å²) in [5.41, 5.74) is 0. The first-order chi connectivity index (χ1) is 0. The maximum absolute atomic E-state index is 0. The van der Waals surface area contributed by atoms with E-state index in [1.54, 1.807) is 0 Å². The summed E-state index contributed by atoms with van der Waals surface area (Å²) in [5, 5.41) is 0. The molecule has 0 spiro atoms. The van der Waals surface area contributed by atoms with E-state index in [0.717, 1.165) is 0 Å². The summed E-state index contributed by atoms with van der Waals surface area (Å²) in [4.78, 5) is 0. The van der Waals surface area contributed by atoms with Gasteiger partial charge in [-0.3, -0.25) is 0 Å². The summed E-state index contributed by atoms with van der Waals surface area (Å²) in [6, 6.07) is 0. The molecule has 0 aliphatic heterocycles. The van der Waals surface area contributed by atoms with Crippen molar-refractivity contribution < 1.29 is 77.1 Å². The fraction of sp³-hybridized carbons (Fsp3) is 0. The summed E-state index contributed by atoms with van der Waals surface area (Å²) in [6.07, 6.45) is 0. The first-order valence-corrected chi connectivity index (χ1v) is 0. The van der Waals surface area contributed by atoms with E-state index in [-0.39, 0.29) is 112 Å². The second kappa shape index (κ2) is 39.4. The molecular weight excluding hydrogens is 405 g/mol. The van der Waals surface area contributed by atoms with Crippen LogP contribution in [-0.4, -0.2) is 34.9 Å². The Hall–Kier alpha value is 3.44. The van der Waals surface area contributed by atoms with Crippen LogP contribution in [0.3, 0.4) is 0 Å². The zero-order valence-electron chi connectivity index (χ0n) is 1.58. The van der Waals surface area contributed by atoms with Gasteiger partial charge in [0.2, 0.25) is 0 Å². The zero-order chi connectivity index (χ0) is 0. The van der Waals surface area contributed by atoms with E-state index in [2.05, 4.69) is 0 Å². The van der Waals surface area contributed by atoms with Crippen LogP contribution in [0.5, 0.6) is 0 Å². The van der Waals surface area contributed by atoms with Gasteiger partial charge in [-0.2, -0.15) is 0 Å². The van der Waals surface area contributed by atoms with Crippen LogP contribution in [0.2, 0.25) is 0 Å². The Morgan fingerprint density at radius 3 is 1.00 bits per heavy atom. The molecule has 0 aromatic carbocycles. The Morgan fingerprint density at radius 2 is 1.00 bits per heavy atom. The van der Waals surface area contributed by atoms with Gasteiger partial charge in [0, 0.05) is 77.1 Å². The molecule has 0 bridgehead atoms. The number of rotatable bonds is 0. The molecule has 0 radical (unpaired) electrons. The van der Waals surface area contributed by atoms with E-state index in [4.69, 9.17) is 0 Å². The van der Waals surface area contributed by atoms with Crippen molar-refractivity contribution in [1.82, 2.24) is 0 Å². The molecule has 0 heterocycles. The van der Waals surface area contributed by atoms with Crippen molar-refractivity contribution in [3.63, 3.8) is 0 Å². The molecule has 44 valence electrons. The van der Waals surface area contributed by atoms with Crippen molar-refractivity contribution in [2.75, 3.05) is 0 Å². The molecule has 0 aliphatic rings. The standard InChI is InChI=1S/Cr.Fe.Ni.H4Si.Sn.Zr.4H/h;;;1H4;;;;;;. The molecule has 6 heavy (non-hydrogen) atoms. The molecule has 0 atom stereocenters. The summed E-state index contributed by atoms with van der Waals surface area (Å²) in [6.45, 7) is 0. The van der Waals surface area contributed by atoms with Crippen LogP contribution in [-0.2, 0) is 77.1 Å². The third kappa shape index (κ3) is 26.1. The first-order valence-electron chi connectivity index (χ1n) is 0. The Kier molecular flexibility index (Phi) is 373. The van der Waals surface area contributed by atoms with E-state index in [0.29, 0.717) is 0 Å².